The SMILES string of the molecule is Cc1ccc(N=Nc2ccc(S(=O)(=O)c3ccc([NH3+])cc3)cc2)cc1. The molecule has 25 heavy (non-hydrogen) atoms. The maximum absolute atomic E-state index is 12.6. The largest absolute Gasteiger partial charge is 0.325 e. The van der Waals surface area contributed by atoms with Gasteiger partial charge in [0.15, 0.2) is 0 Å². The van der Waals surface area contributed by atoms with Crippen LogP contribution < -0.4 is 5.73 Å². The fourth-order valence-corrected chi connectivity index (χ4v) is 3.48. The van der Waals surface area contributed by atoms with Crippen LogP contribution in [0.4, 0.5) is 17.1 Å². The molecule has 3 N–H and O–H groups in total. The summed E-state index contributed by atoms with van der Waals surface area (Å²) < 4.78 is 25.2. The zero-order chi connectivity index (χ0) is 17.9. The molecule has 0 spiro atoms. The summed E-state index contributed by atoms with van der Waals surface area (Å²) in [4.78, 5) is 0.465. The van der Waals surface area contributed by atoms with Crippen molar-refractivity contribution in [2.75, 3.05) is 0 Å². The predicted octanol–water partition coefficient (Wildman–Crippen LogP) is 4.12. The van der Waals surface area contributed by atoms with Crippen molar-refractivity contribution < 1.29 is 14.2 Å². The summed E-state index contributed by atoms with van der Waals surface area (Å²) in [5.74, 6) is 0. The van der Waals surface area contributed by atoms with Crippen molar-refractivity contribution in [3.8, 4) is 0 Å². The zero-order valence-corrected chi connectivity index (χ0v) is 14.6. The number of aryl methyl sites for hydroxylation is 1. The van der Waals surface area contributed by atoms with Gasteiger partial charge in [-0.1, -0.05) is 17.7 Å². The molecule has 0 unspecified atom stereocenters. The summed E-state index contributed by atoms with van der Waals surface area (Å²) in [6.07, 6.45) is 0. The molecule has 0 aliphatic heterocycles. The number of nitrogens with zero attached hydrogens (tertiary/aromatic N) is 2. The number of hydrogen-bond acceptors (Lipinski definition) is 4. The number of azo groups is 1. The Labute approximate surface area is 146 Å². The average Bonchev–Trinajstić information content (AvgIpc) is 2.62. The van der Waals surface area contributed by atoms with E-state index in [1.165, 1.54) is 12.1 Å². The van der Waals surface area contributed by atoms with Gasteiger partial charge in [0.05, 0.1) is 21.2 Å². The third-order valence-corrected chi connectivity index (χ3v) is 5.48. The molecule has 3 aromatic rings. The van der Waals surface area contributed by atoms with Crippen LogP contribution in [0.25, 0.3) is 0 Å². The molecule has 0 heterocycles. The molecule has 0 bridgehead atoms. The van der Waals surface area contributed by atoms with Crippen LogP contribution in [0.2, 0.25) is 0 Å². The number of quaternary nitrogens is 1. The van der Waals surface area contributed by atoms with Gasteiger partial charge in [0.25, 0.3) is 0 Å². The van der Waals surface area contributed by atoms with Gasteiger partial charge >= 0.3 is 0 Å². The fourth-order valence-electron chi connectivity index (χ4n) is 2.22. The lowest BCUT2D eigenvalue weighted by atomic mass is 10.2. The number of hydrogen-bond donors (Lipinski definition) is 1. The maximum atomic E-state index is 12.6. The van der Waals surface area contributed by atoms with Crippen LogP contribution in [0, 0.1) is 6.92 Å². The minimum atomic E-state index is -3.54. The van der Waals surface area contributed by atoms with E-state index in [1.807, 2.05) is 31.2 Å². The monoisotopic (exact) mass is 352 g/mol. The molecule has 3 aromatic carbocycles. The van der Waals surface area contributed by atoms with E-state index in [1.54, 1.807) is 36.4 Å². The first-order valence-corrected chi connectivity index (χ1v) is 9.19. The van der Waals surface area contributed by atoms with Gasteiger partial charge in [-0.25, -0.2) is 8.42 Å². The summed E-state index contributed by atoms with van der Waals surface area (Å²) in [7, 11) is -3.54. The number of rotatable bonds is 4. The second-order valence-electron chi connectivity index (χ2n) is 5.68. The van der Waals surface area contributed by atoms with E-state index in [-0.39, 0.29) is 9.79 Å². The third kappa shape index (κ3) is 3.99. The normalized spacial score (nSPS) is 11.8. The topological polar surface area (TPSA) is 86.5 Å². The Hall–Kier alpha value is -2.83. The highest BCUT2D eigenvalue weighted by molar-refractivity contribution is 7.91. The van der Waals surface area contributed by atoms with E-state index < -0.39 is 9.84 Å². The maximum Gasteiger partial charge on any atom is 0.206 e. The van der Waals surface area contributed by atoms with Crippen molar-refractivity contribution in [3.05, 3.63) is 78.4 Å². The lowest BCUT2D eigenvalue weighted by molar-refractivity contribution is -0.254. The summed E-state index contributed by atoms with van der Waals surface area (Å²) in [6, 6.07) is 20.5. The molecular weight excluding hydrogens is 334 g/mol. The average molecular weight is 352 g/mol. The van der Waals surface area contributed by atoms with Gasteiger partial charge < -0.3 is 5.73 Å². The first kappa shape index (κ1) is 17.0. The standard InChI is InChI=1S/C19H17N3O2S/c1-14-2-6-16(7-3-14)21-22-17-8-12-19(13-9-17)25(23,24)18-10-4-15(20)5-11-18/h2-13H,20H2,1H3/p+1. The van der Waals surface area contributed by atoms with Gasteiger partial charge in [0.1, 0.15) is 5.69 Å². The van der Waals surface area contributed by atoms with E-state index >= 15 is 0 Å². The molecule has 0 aliphatic carbocycles. The van der Waals surface area contributed by atoms with Gasteiger partial charge in [-0.3, -0.25) is 0 Å². The number of sulfone groups is 1. The van der Waals surface area contributed by atoms with Crippen LogP contribution in [0.5, 0.6) is 0 Å². The molecule has 0 amide bonds. The summed E-state index contributed by atoms with van der Waals surface area (Å²) in [5.41, 5.74) is 7.02. The predicted molar refractivity (Wildman–Crippen MR) is 96.2 cm³/mol. The molecule has 0 atom stereocenters. The molecular formula is C19H18N3O2S+. The summed E-state index contributed by atoms with van der Waals surface area (Å²) >= 11 is 0. The molecule has 0 aliphatic rings. The van der Waals surface area contributed by atoms with Crippen molar-refractivity contribution in [2.45, 2.75) is 16.7 Å². The van der Waals surface area contributed by atoms with Gasteiger partial charge in [-0.05, 0) is 55.5 Å². The second kappa shape index (κ2) is 6.96. The highest BCUT2D eigenvalue weighted by Gasteiger charge is 2.17. The molecule has 0 saturated heterocycles. The Bertz CT molecular complexity index is 992. The van der Waals surface area contributed by atoms with E-state index in [2.05, 4.69) is 16.0 Å². The molecule has 6 heteroatoms. The molecule has 126 valence electrons. The quantitative estimate of drug-likeness (QED) is 0.716. The van der Waals surface area contributed by atoms with Crippen molar-refractivity contribution in [1.82, 2.24) is 0 Å². The Morgan fingerprint density at radius 2 is 1.08 bits per heavy atom. The van der Waals surface area contributed by atoms with Gasteiger partial charge in [0.2, 0.25) is 9.84 Å². The Kier molecular flexibility index (Phi) is 4.74. The van der Waals surface area contributed by atoms with Crippen molar-refractivity contribution in [3.63, 3.8) is 0 Å². The van der Waals surface area contributed by atoms with Crippen LogP contribution in [-0.4, -0.2) is 8.42 Å². The molecule has 3 rings (SSSR count). The Morgan fingerprint density at radius 1 is 0.680 bits per heavy atom. The summed E-state index contributed by atoms with van der Waals surface area (Å²) in [5, 5.41) is 8.28. The molecule has 0 aromatic heterocycles. The van der Waals surface area contributed by atoms with Crippen LogP contribution in [0.15, 0.2) is 92.8 Å². The highest BCUT2D eigenvalue weighted by atomic mass is 32.2. The third-order valence-electron chi connectivity index (χ3n) is 3.70. The highest BCUT2D eigenvalue weighted by Crippen LogP contribution is 2.25. The molecule has 5 nitrogen and oxygen atoms in total. The Balaban J connectivity index is 1.82. The first-order chi connectivity index (χ1) is 11.9. The zero-order valence-electron chi connectivity index (χ0n) is 13.8. The molecule has 0 saturated carbocycles. The van der Waals surface area contributed by atoms with Crippen molar-refractivity contribution in [1.29, 1.82) is 0 Å². The van der Waals surface area contributed by atoms with Gasteiger partial charge in [-0.2, -0.15) is 10.2 Å². The van der Waals surface area contributed by atoms with Crippen LogP contribution >= 0.6 is 0 Å². The van der Waals surface area contributed by atoms with Crippen LogP contribution in [-0.2, 0) is 9.84 Å². The van der Waals surface area contributed by atoms with Crippen molar-refractivity contribution in [2.24, 2.45) is 10.2 Å². The minimum absolute atomic E-state index is 0.221. The second-order valence-corrected chi connectivity index (χ2v) is 7.63. The van der Waals surface area contributed by atoms with E-state index in [4.69, 9.17) is 0 Å². The Morgan fingerprint density at radius 3 is 1.56 bits per heavy atom. The lowest BCUT2D eigenvalue weighted by Gasteiger charge is -2.04. The molecule has 0 radical (unpaired) electrons. The molecule has 0 fully saturated rings. The smallest absolute Gasteiger partial charge is 0.206 e. The lowest BCUT2D eigenvalue weighted by Crippen LogP contribution is -2.39. The van der Waals surface area contributed by atoms with Crippen LogP contribution in [0.1, 0.15) is 5.56 Å². The first-order valence-electron chi connectivity index (χ1n) is 7.71. The van der Waals surface area contributed by atoms with Crippen LogP contribution in [0.3, 0.4) is 0 Å². The van der Waals surface area contributed by atoms with E-state index in [9.17, 15) is 8.42 Å². The van der Waals surface area contributed by atoms with Gasteiger partial charge in [0, 0.05) is 12.1 Å². The van der Waals surface area contributed by atoms with E-state index in [0.29, 0.717) is 5.69 Å². The van der Waals surface area contributed by atoms with Crippen molar-refractivity contribution >= 4 is 26.9 Å². The minimum Gasteiger partial charge on any atom is -0.325 e. The van der Waals surface area contributed by atoms with E-state index in [0.717, 1.165) is 16.9 Å². The fraction of sp³-hybridized carbons (Fsp3) is 0.0526. The number of benzene rings is 3. The summed E-state index contributed by atoms with van der Waals surface area (Å²) in [6.45, 7) is 2.00. The van der Waals surface area contributed by atoms with Gasteiger partial charge in [-0.15, -0.1) is 0 Å².